The third-order valence-electron chi connectivity index (χ3n) is 2.88. The van der Waals surface area contributed by atoms with E-state index in [1.807, 2.05) is 24.3 Å². The first-order valence-corrected chi connectivity index (χ1v) is 6.23. The van der Waals surface area contributed by atoms with Crippen molar-refractivity contribution < 1.29 is 9.53 Å². The molecule has 0 aliphatic carbocycles. The van der Waals surface area contributed by atoms with Crippen LogP contribution in [-0.2, 0) is 7.05 Å². The topological polar surface area (TPSA) is 56.1 Å². The molecule has 0 unspecified atom stereocenters. The molecule has 0 fully saturated rings. The first kappa shape index (κ1) is 13.9. The summed E-state index contributed by atoms with van der Waals surface area (Å²) in [5.74, 6) is 0.583. The predicted octanol–water partition coefficient (Wildman–Crippen LogP) is 2.01. The molecule has 0 bridgehead atoms. The fourth-order valence-electron chi connectivity index (χ4n) is 1.86. The maximum atomic E-state index is 11.9. The van der Waals surface area contributed by atoms with Crippen molar-refractivity contribution in [2.45, 2.75) is 0 Å². The zero-order chi connectivity index (χ0) is 14.5. The molecule has 0 atom stereocenters. The first-order valence-electron chi connectivity index (χ1n) is 6.23. The molecule has 2 rings (SSSR count). The van der Waals surface area contributed by atoms with Crippen LogP contribution < -0.4 is 10.1 Å². The van der Waals surface area contributed by atoms with Crippen LogP contribution in [0, 0.1) is 0 Å². The third kappa shape index (κ3) is 2.88. The van der Waals surface area contributed by atoms with Gasteiger partial charge in [0.25, 0.3) is 5.91 Å². The monoisotopic (exact) mass is 271 g/mol. The molecule has 2 aromatic rings. The minimum Gasteiger partial charge on any atom is -0.497 e. The highest BCUT2D eigenvalue weighted by atomic mass is 16.5. The van der Waals surface area contributed by atoms with Crippen LogP contribution in [0.5, 0.6) is 5.75 Å². The Balaban J connectivity index is 2.30. The number of benzene rings is 1. The van der Waals surface area contributed by atoms with Gasteiger partial charge in [-0.05, 0) is 18.2 Å². The van der Waals surface area contributed by atoms with Crippen molar-refractivity contribution in [2.75, 3.05) is 13.7 Å². The number of carbonyl (C=O) groups is 1. The Hall–Kier alpha value is -2.56. The average molecular weight is 271 g/mol. The number of aromatic nitrogens is 2. The SMILES string of the molecule is C=CCNC(=O)c1cc(-c2cccc(OC)c2)nn1C. The van der Waals surface area contributed by atoms with E-state index in [0.717, 1.165) is 17.0 Å². The van der Waals surface area contributed by atoms with Crippen LogP contribution in [-0.4, -0.2) is 29.3 Å². The van der Waals surface area contributed by atoms with Gasteiger partial charge in [-0.3, -0.25) is 9.48 Å². The minimum atomic E-state index is -0.172. The van der Waals surface area contributed by atoms with Gasteiger partial charge in [0.05, 0.1) is 12.8 Å². The lowest BCUT2D eigenvalue weighted by Gasteiger charge is -2.01. The van der Waals surface area contributed by atoms with Crippen LogP contribution in [0.15, 0.2) is 43.0 Å². The van der Waals surface area contributed by atoms with E-state index in [1.54, 1.807) is 31.0 Å². The van der Waals surface area contributed by atoms with Crippen molar-refractivity contribution in [2.24, 2.45) is 7.05 Å². The van der Waals surface area contributed by atoms with Crippen molar-refractivity contribution in [1.82, 2.24) is 15.1 Å². The molecule has 1 heterocycles. The Morgan fingerprint density at radius 1 is 1.50 bits per heavy atom. The molecule has 0 aliphatic heterocycles. The van der Waals surface area contributed by atoms with Crippen molar-refractivity contribution in [3.05, 3.63) is 48.7 Å². The molecule has 1 amide bonds. The fraction of sp³-hybridized carbons (Fsp3) is 0.200. The fourth-order valence-corrected chi connectivity index (χ4v) is 1.86. The molecule has 0 radical (unpaired) electrons. The quantitative estimate of drug-likeness (QED) is 0.846. The molecule has 1 N–H and O–H groups in total. The van der Waals surface area contributed by atoms with Gasteiger partial charge in [-0.15, -0.1) is 6.58 Å². The number of methoxy groups -OCH3 is 1. The van der Waals surface area contributed by atoms with Gasteiger partial charge in [0.2, 0.25) is 0 Å². The standard InChI is InChI=1S/C15H17N3O2/c1-4-8-16-15(19)14-10-13(17-18(14)2)11-6-5-7-12(9-11)20-3/h4-7,9-10H,1,8H2,2-3H3,(H,16,19). The molecular weight excluding hydrogens is 254 g/mol. The number of nitrogens with zero attached hydrogens (tertiary/aromatic N) is 2. The number of hydrogen-bond donors (Lipinski definition) is 1. The summed E-state index contributed by atoms with van der Waals surface area (Å²) in [5.41, 5.74) is 2.14. The third-order valence-corrected chi connectivity index (χ3v) is 2.88. The second kappa shape index (κ2) is 6.06. The molecule has 104 valence electrons. The van der Waals surface area contributed by atoms with Crippen LogP contribution in [0.25, 0.3) is 11.3 Å². The Labute approximate surface area is 117 Å². The van der Waals surface area contributed by atoms with E-state index in [4.69, 9.17) is 4.74 Å². The van der Waals surface area contributed by atoms with Crippen LogP contribution >= 0.6 is 0 Å². The summed E-state index contributed by atoms with van der Waals surface area (Å²) in [6, 6.07) is 9.32. The molecule has 0 spiro atoms. The van der Waals surface area contributed by atoms with Gasteiger partial charge in [0, 0.05) is 19.2 Å². The van der Waals surface area contributed by atoms with Crippen molar-refractivity contribution in [3.63, 3.8) is 0 Å². The lowest BCUT2D eigenvalue weighted by molar-refractivity contribution is 0.0948. The Bertz CT molecular complexity index is 632. The Morgan fingerprint density at radius 3 is 3.00 bits per heavy atom. The molecule has 0 saturated carbocycles. The van der Waals surface area contributed by atoms with Crippen LogP contribution in [0.4, 0.5) is 0 Å². The molecular formula is C15H17N3O2. The maximum Gasteiger partial charge on any atom is 0.269 e. The number of ether oxygens (including phenoxy) is 1. The smallest absolute Gasteiger partial charge is 0.269 e. The first-order chi connectivity index (χ1) is 9.65. The zero-order valence-electron chi connectivity index (χ0n) is 11.6. The predicted molar refractivity (Wildman–Crippen MR) is 77.7 cm³/mol. The summed E-state index contributed by atoms with van der Waals surface area (Å²) in [7, 11) is 3.36. The number of carbonyl (C=O) groups excluding carboxylic acids is 1. The minimum absolute atomic E-state index is 0.172. The highest BCUT2D eigenvalue weighted by molar-refractivity contribution is 5.93. The average Bonchev–Trinajstić information content (AvgIpc) is 2.87. The van der Waals surface area contributed by atoms with Crippen molar-refractivity contribution >= 4 is 5.91 Å². The maximum absolute atomic E-state index is 11.9. The van der Waals surface area contributed by atoms with Gasteiger partial charge >= 0.3 is 0 Å². The van der Waals surface area contributed by atoms with Gasteiger partial charge in [0.1, 0.15) is 11.4 Å². The van der Waals surface area contributed by atoms with Gasteiger partial charge in [-0.1, -0.05) is 18.2 Å². The summed E-state index contributed by atoms with van der Waals surface area (Å²) in [4.78, 5) is 11.9. The van der Waals surface area contributed by atoms with E-state index in [2.05, 4.69) is 17.0 Å². The molecule has 5 heteroatoms. The van der Waals surface area contributed by atoms with Gasteiger partial charge < -0.3 is 10.1 Å². The number of rotatable bonds is 5. The Morgan fingerprint density at radius 2 is 2.30 bits per heavy atom. The number of amides is 1. The largest absolute Gasteiger partial charge is 0.497 e. The van der Waals surface area contributed by atoms with Crippen molar-refractivity contribution in [3.8, 4) is 17.0 Å². The molecule has 0 aliphatic rings. The number of nitrogens with one attached hydrogen (secondary N) is 1. The molecule has 5 nitrogen and oxygen atoms in total. The highest BCUT2D eigenvalue weighted by Gasteiger charge is 2.13. The van der Waals surface area contributed by atoms with E-state index in [1.165, 1.54) is 0 Å². The second-order valence-corrected chi connectivity index (χ2v) is 4.27. The summed E-state index contributed by atoms with van der Waals surface area (Å²) in [6.45, 7) is 4.00. The molecule has 1 aromatic heterocycles. The van der Waals surface area contributed by atoms with E-state index < -0.39 is 0 Å². The number of aryl methyl sites for hydroxylation is 1. The number of hydrogen-bond acceptors (Lipinski definition) is 3. The lowest BCUT2D eigenvalue weighted by Crippen LogP contribution is -2.25. The molecule has 1 aromatic carbocycles. The molecule has 20 heavy (non-hydrogen) atoms. The van der Waals surface area contributed by atoms with Crippen LogP contribution in [0.2, 0.25) is 0 Å². The summed E-state index contributed by atoms with van der Waals surface area (Å²) < 4.78 is 6.75. The van der Waals surface area contributed by atoms with Crippen molar-refractivity contribution in [1.29, 1.82) is 0 Å². The van der Waals surface area contributed by atoms with E-state index in [9.17, 15) is 4.79 Å². The van der Waals surface area contributed by atoms with E-state index in [0.29, 0.717) is 12.2 Å². The second-order valence-electron chi connectivity index (χ2n) is 4.27. The van der Waals surface area contributed by atoms with E-state index in [-0.39, 0.29) is 5.91 Å². The van der Waals surface area contributed by atoms with Crippen LogP contribution in [0.3, 0.4) is 0 Å². The normalized spacial score (nSPS) is 10.1. The van der Waals surface area contributed by atoms with Gasteiger partial charge in [-0.2, -0.15) is 5.10 Å². The summed E-state index contributed by atoms with van der Waals surface area (Å²) in [5, 5.41) is 7.09. The van der Waals surface area contributed by atoms with Gasteiger partial charge in [-0.25, -0.2) is 0 Å². The molecule has 0 saturated heterocycles. The summed E-state index contributed by atoms with van der Waals surface area (Å²) >= 11 is 0. The Kier molecular flexibility index (Phi) is 4.20. The summed E-state index contributed by atoms with van der Waals surface area (Å²) in [6.07, 6.45) is 1.64. The van der Waals surface area contributed by atoms with E-state index >= 15 is 0 Å². The highest BCUT2D eigenvalue weighted by Crippen LogP contribution is 2.23. The zero-order valence-corrected chi connectivity index (χ0v) is 11.6. The van der Waals surface area contributed by atoms with Gasteiger partial charge in [0.15, 0.2) is 0 Å². The lowest BCUT2D eigenvalue weighted by atomic mass is 10.1. The van der Waals surface area contributed by atoms with Crippen LogP contribution in [0.1, 0.15) is 10.5 Å².